The van der Waals surface area contributed by atoms with Crippen LogP contribution in [0.15, 0.2) is 0 Å². The molecule has 0 spiro atoms. The maximum absolute atomic E-state index is 9.00. The summed E-state index contributed by atoms with van der Waals surface area (Å²) >= 11 is 0. The van der Waals surface area contributed by atoms with E-state index in [1.165, 1.54) is 0 Å². The maximum Gasteiger partial charge on any atom is 2.00 e. The van der Waals surface area contributed by atoms with Gasteiger partial charge in [-0.1, -0.05) is 0 Å². The molecule has 0 saturated heterocycles. The van der Waals surface area contributed by atoms with Crippen molar-refractivity contribution < 1.29 is 37.7 Å². The molecule has 0 amide bonds. The van der Waals surface area contributed by atoms with Gasteiger partial charge in [0, 0.05) is 13.8 Å². The third-order valence-electron chi connectivity index (χ3n) is 0. The SMILES string of the molecule is CC(=O)O.CC(=O)O.O=C(O)O.[H-].[H-].[Mg+2]. The molecule has 0 aromatic carbocycles. The molecule has 8 heteroatoms. The average molecular weight is 208 g/mol. The van der Waals surface area contributed by atoms with E-state index >= 15 is 0 Å². The van der Waals surface area contributed by atoms with Gasteiger partial charge in [-0.05, 0) is 0 Å². The standard InChI is InChI=1S/2C2H4O2.CH2O3.Mg.2H/c2*1-2(3)4;2-1(3)4;;;/h2*1H3,(H,3,4);(H2,2,3,4);;;/q;;;+2;2*-1. The average Bonchev–Trinajstić information content (AvgIpc) is 1.54. The Balaban J connectivity index is -0.0000000184. The molecule has 0 atom stereocenters. The minimum atomic E-state index is -1.83. The van der Waals surface area contributed by atoms with Crippen molar-refractivity contribution in [2.24, 2.45) is 0 Å². The zero-order valence-corrected chi connectivity index (χ0v) is 8.63. The summed E-state index contributed by atoms with van der Waals surface area (Å²) < 4.78 is 0. The Kier molecular flexibility index (Phi) is 30.0. The van der Waals surface area contributed by atoms with Crippen LogP contribution in [-0.2, 0) is 9.59 Å². The first kappa shape index (κ1) is 22.7. The summed E-state index contributed by atoms with van der Waals surface area (Å²) in [5.41, 5.74) is 0. The van der Waals surface area contributed by atoms with Gasteiger partial charge in [0.2, 0.25) is 0 Å². The van der Waals surface area contributed by atoms with Crippen LogP contribution in [0.3, 0.4) is 0 Å². The van der Waals surface area contributed by atoms with Crippen molar-refractivity contribution in [2.45, 2.75) is 13.8 Å². The summed E-state index contributed by atoms with van der Waals surface area (Å²) in [5, 5.41) is 28.8. The Morgan fingerprint density at radius 2 is 0.846 bits per heavy atom. The van der Waals surface area contributed by atoms with Crippen LogP contribution in [0.5, 0.6) is 0 Å². The molecule has 7 nitrogen and oxygen atoms in total. The molecule has 0 fully saturated rings. The van der Waals surface area contributed by atoms with E-state index in [1.54, 1.807) is 0 Å². The second-order valence-corrected chi connectivity index (χ2v) is 1.32. The molecule has 0 saturated carbocycles. The fourth-order valence-electron chi connectivity index (χ4n) is 0. The van der Waals surface area contributed by atoms with Crippen LogP contribution in [0.25, 0.3) is 0 Å². The molecule has 0 aromatic heterocycles. The van der Waals surface area contributed by atoms with E-state index in [9.17, 15) is 0 Å². The van der Waals surface area contributed by atoms with Crippen LogP contribution in [0.1, 0.15) is 16.7 Å². The minimum Gasteiger partial charge on any atom is -1.00 e. The summed E-state index contributed by atoms with van der Waals surface area (Å²) in [6, 6.07) is 0. The molecule has 0 aliphatic heterocycles. The zero-order valence-electron chi connectivity index (χ0n) is 9.22. The Hall–Kier alpha value is -1.02. The molecule has 76 valence electrons. The Labute approximate surface area is 93.1 Å². The number of carboxylic acid groups (broad SMARTS) is 4. The molecule has 0 bridgehead atoms. The third-order valence-corrected chi connectivity index (χ3v) is 0. The summed E-state index contributed by atoms with van der Waals surface area (Å²) in [4.78, 5) is 26.6. The molecule has 0 aliphatic rings. The van der Waals surface area contributed by atoms with Crippen molar-refractivity contribution in [3.05, 3.63) is 0 Å². The second kappa shape index (κ2) is 17.2. The van der Waals surface area contributed by atoms with Crippen molar-refractivity contribution in [3.8, 4) is 0 Å². The van der Waals surface area contributed by atoms with Gasteiger partial charge in [-0.15, -0.1) is 0 Å². The smallest absolute Gasteiger partial charge is 1.00 e. The van der Waals surface area contributed by atoms with Crippen LogP contribution in [0.4, 0.5) is 4.79 Å². The monoisotopic (exact) mass is 208 g/mol. The quantitative estimate of drug-likeness (QED) is 0.419. The topological polar surface area (TPSA) is 132 Å². The molecular formula is C5H12MgO7. The first-order chi connectivity index (χ1) is 5.20. The van der Waals surface area contributed by atoms with Gasteiger partial charge >= 0.3 is 29.2 Å². The number of carbonyl (C=O) groups is 3. The Morgan fingerprint density at radius 1 is 0.846 bits per heavy atom. The van der Waals surface area contributed by atoms with Gasteiger partial charge in [-0.2, -0.15) is 0 Å². The maximum atomic E-state index is 9.00. The van der Waals surface area contributed by atoms with E-state index in [1.807, 2.05) is 0 Å². The van der Waals surface area contributed by atoms with Crippen molar-refractivity contribution in [2.75, 3.05) is 0 Å². The van der Waals surface area contributed by atoms with Crippen molar-refractivity contribution in [1.29, 1.82) is 0 Å². The normalized spacial score (nSPS) is 5.69. The summed E-state index contributed by atoms with van der Waals surface area (Å²) in [6.07, 6.45) is -1.83. The second-order valence-electron chi connectivity index (χ2n) is 1.32. The summed E-state index contributed by atoms with van der Waals surface area (Å²) in [6.45, 7) is 2.17. The van der Waals surface area contributed by atoms with Gasteiger partial charge in [0.1, 0.15) is 0 Å². The molecule has 13 heavy (non-hydrogen) atoms. The molecule has 0 radical (unpaired) electrons. The fraction of sp³-hybridized carbons (Fsp3) is 0.400. The number of carboxylic acids is 2. The van der Waals surface area contributed by atoms with Crippen LogP contribution in [0.2, 0.25) is 0 Å². The van der Waals surface area contributed by atoms with Crippen molar-refractivity contribution in [1.82, 2.24) is 0 Å². The molecule has 0 aliphatic carbocycles. The minimum absolute atomic E-state index is 0. The van der Waals surface area contributed by atoms with Crippen LogP contribution in [-0.4, -0.2) is 61.6 Å². The van der Waals surface area contributed by atoms with Crippen molar-refractivity contribution in [3.63, 3.8) is 0 Å². The Bertz CT molecular complexity index is 123. The van der Waals surface area contributed by atoms with Gasteiger partial charge in [0.15, 0.2) is 0 Å². The molecule has 4 N–H and O–H groups in total. The van der Waals surface area contributed by atoms with E-state index in [4.69, 9.17) is 34.8 Å². The third kappa shape index (κ3) is 844. The van der Waals surface area contributed by atoms with E-state index in [2.05, 4.69) is 0 Å². The van der Waals surface area contributed by atoms with E-state index < -0.39 is 18.1 Å². The van der Waals surface area contributed by atoms with Crippen LogP contribution < -0.4 is 0 Å². The van der Waals surface area contributed by atoms with E-state index in [0.717, 1.165) is 13.8 Å². The first-order valence-corrected chi connectivity index (χ1v) is 2.51. The molecule has 0 unspecified atom stereocenters. The Morgan fingerprint density at radius 3 is 0.846 bits per heavy atom. The van der Waals surface area contributed by atoms with Crippen LogP contribution >= 0.6 is 0 Å². The predicted molar refractivity (Wildman–Crippen MR) is 45.3 cm³/mol. The van der Waals surface area contributed by atoms with Gasteiger partial charge in [0.05, 0.1) is 0 Å². The number of hydrogen-bond donors (Lipinski definition) is 4. The van der Waals surface area contributed by atoms with Crippen molar-refractivity contribution >= 4 is 41.1 Å². The summed E-state index contributed by atoms with van der Waals surface area (Å²) in [7, 11) is 0. The number of hydrogen-bond acceptors (Lipinski definition) is 3. The zero-order chi connectivity index (χ0) is 10.7. The molecule has 0 aromatic rings. The number of rotatable bonds is 0. The number of aliphatic carboxylic acids is 2. The molecular weight excluding hydrogens is 196 g/mol. The van der Waals surface area contributed by atoms with Gasteiger partial charge in [-0.25, -0.2) is 4.79 Å². The van der Waals surface area contributed by atoms with Crippen LogP contribution in [0, 0.1) is 0 Å². The molecule has 0 heterocycles. The summed E-state index contributed by atoms with van der Waals surface area (Å²) in [5.74, 6) is -1.67. The molecule has 0 rings (SSSR count). The van der Waals surface area contributed by atoms with Gasteiger partial charge < -0.3 is 23.3 Å². The first-order valence-electron chi connectivity index (χ1n) is 2.51. The van der Waals surface area contributed by atoms with Gasteiger partial charge in [-0.3, -0.25) is 9.59 Å². The predicted octanol–water partition coefficient (Wildman–Crippen LogP) is 0.248. The van der Waals surface area contributed by atoms with E-state index in [-0.39, 0.29) is 25.9 Å². The van der Waals surface area contributed by atoms with Gasteiger partial charge in [0.25, 0.3) is 11.9 Å². The van der Waals surface area contributed by atoms with E-state index in [0.29, 0.717) is 0 Å². The largest absolute Gasteiger partial charge is 2.00 e. The fourth-order valence-corrected chi connectivity index (χ4v) is 0.